The van der Waals surface area contributed by atoms with Gasteiger partial charge in [0.15, 0.2) is 0 Å². The zero-order valence-corrected chi connectivity index (χ0v) is 11.5. The van der Waals surface area contributed by atoms with Crippen LogP contribution >= 0.6 is 0 Å². The Morgan fingerprint density at radius 3 is 2.82 bits per heavy atom. The molecule has 0 saturated carbocycles. The Balaban J connectivity index is 2.36. The summed E-state index contributed by atoms with van der Waals surface area (Å²) in [5.74, 6) is 1.08. The van der Waals surface area contributed by atoms with Crippen LogP contribution in [0.4, 0.5) is 0 Å². The summed E-state index contributed by atoms with van der Waals surface area (Å²) in [7, 11) is 2.18. The van der Waals surface area contributed by atoms with Crippen LogP contribution in [0.15, 0.2) is 16.7 Å². The lowest BCUT2D eigenvalue weighted by atomic mass is 10.2. The molecule has 3 nitrogen and oxygen atoms in total. The molecule has 1 heterocycles. The van der Waals surface area contributed by atoms with E-state index in [9.17, 15) is 0 Å². The van der Waals surface area contributed by atoms with Crippen LogP contribution in [0.2, 0.25) is 0 Å². The Morgan fingerprint density at radius 2 is 2.12 bits per heavy atom. The van der Waals surface area contributed by atoms with E-state index in [4.69, 9.17) is 4.42 Å². The minimum atomic E-state index is 0.835. The van der Waals surface area contributed by atoms with Crippen molar-refractivity contribution < 1.29 is 4.42 Å². The second-order valence-electron chi connectivity index (χ2n) is 4.59. The van der Waals surface area contributed by atoms with Crippen LogP contribution in [0.5, 0.6) is 0 Å². The first-order chi connectivity index (χ1) is 8.27. The van der Waals surface area contributed by atoms with Gasteiger partial charge in [-0.05, 0) is 32.6 Å². The van der Waals surface area contributed by atoms with E-state index >= 15 is 0 Å². The van der Waals surface area contributed by atoms with Gasteiger partial charge in [-0.15, -0.1) is 0 Å². The summed E-state index contributed by atoms with van der Waals surface area (Å²) >= 11 is 0. The quantitative estimate of drug-likeness (QED) is 0.670. The van der Waals surface area contributed by atoms with Crippen LogP contribution in [-0.2, 0) is 13.1 Å². The molecule has 0 fully saturated rings. The number of furan rings is 1. The predicted molar refractivity (Wildman–Crippen MR) is 71.9 cm³/mol. The van der Waals surface area contributed by atoms with Crippen LogP contribution in [0, 0.1) is 0 Å². The Labute approximate surface area is 105 Å². The fourth-order valence-corrected chi connectivity index (χ4v) is 1.90. The molecule has 0 spiro atoms. The van der Waals surface area contributed by atoms with E-state index in [1.54, 1.807) is 6.26 Å². The van der Waals surface area contributed by atoms with Gasteiger partial charge in [0.1, 0.15) is 5.76 Å². The Morgan fingerprint density at radius 1 is 1.29 bits per heavy atom. The van der Waals surface area contributed by atoms with Gasteiger partial charge in [-0.25, -0.2) is 0 Å². The average molecular weight is 238 g/mol. The molecule has 0 aromatic carbocycles. The smallest absolute Gasteiger partial charge is 0.122 e. The topological polar surface area (TPSA) is 28.4 Å². The molecular weight excluding hydrogens is 212 g/mol. The third kappa shape index (κ3) is 5.37. The number of nitrogens with zero attached hydrogens (tertiary/aromatic N) is 1. The van der Waals surface area contributed by atoms with Gasteiger partial charge < -0.3 is 14.6 Å². The molecule has 0 amide bonds. The van der Waals surface area contributed by atoms with Crippen molar-refractivity contribution >= 4 is 0 Å². The van der Waals surface area contributed by atoms with Crippen LogP contribution in [-0.4, -0.2) is 25.0 Å². The van der Waals surface area contributed by atoms with E-state index in [0.29, 0.717) is 0 Å². The van der Waals surface area contributed by atoms with Gasteiger partial charge in [0.05, 0.1) is 12.8 Å². The highest BCUT2D eigenvalue weighted by atomic mass is 16.3. The highest BCUT2D eigenvalue weighted by molar-refractivity contribution is 5.16. The maximum atomic E-state index is 5.50. The fourth-order valence-electron chi connectivity index (χ4n) is 1.90. The molecule has 0 atom stereocenters. The third-order valence-electron chi connectivity index (χ3n) is 2.96. The SMILES string of the molecule is CCCCCN(C)Cc1ccoc1CNCC. The molecule has 1 aromatic rings. The normalized spacial score (nSPS) is 11.3. The van der Waals surface area contributed by atoms with Crippen molar-refractivity contribution in [2.24, 2.45) is 0 Å². The van der Waals surface area contributed by atoms with Crippen molar-refractivity contribution in [2.75, 3.05) is 20.1 Å². The largest absolute Gasteiger partial charge is 0.468 e. The number of hydrogen-bond donors (Lipinski definition) is 1. The summed E-state index contributed by atoms with van der Waals surface area (Å²) in [4.78, 5) is 2.37. The minimum Gasteiger partial charge on any atom is -0.468 e. The second-order valence-corrected chi connectivity index (χ2v) is 4.59. The Kier molecular flexibility index (Phi) is 6.97. The molecule has 1 N–H and O–H groups in total. The molecule has 1 rings (SSSR count). The van der Waals surface area contributed by atoms with Gasteiger partial charge >= 0.3 is 0 Å². The molecular formula is C14H26N2O. The first-order valence-corrected chi connectivity index (χ1v) is 6.72. The third-order valence-corrected chi connectivity index (χ3v) is 2.96. The number of rotatable bonds is 9. The van der Waals surface area contributed by atoms with Crippen molar-refractivity contribution in [1.82, 2.24) is 10.2 Å². The van der Waals surface area contributed by atoms with E-state index in [0.717, 1.165) is 25.4 Å². The second kappa shape index (κ2) is 8.31. The standard InChI is InChI=1S/C14H26N2O/c1-4-6-7-9-16(3)12-13-8-10-17-14(13)11-15-5-2/h8,10,15H,4-7,9,11-12H2,1-3H3. The van der Waals surface area contributed by atoms with Crippen molar-refractivity contribution in [3.63, 3.8) is 0 Å². The molecule has 0 aliphatic rings. The summed E-state index contributed by atoms with van der Waals surface area (Å²) in [5.41, 5.74) is 1.31. The summed E-state index contributed by atoms with van der Waals surface area (Å²) in [6.45, 7) is 8.32. The van der Waals surface area contributed by atoms with Crippen LogP contribution in [0.1, 0.15) is 44.4 Å². The average Bonchev–Trinajstić information content (AvgIpc) is 2.74. The van der Waals surface area contributed by atoms with Crippen molar-refractivity contribution in [2.45, 2.75) is 46.2 Å². The molecule has 0 bridgehead atoms. The molecule has 0 aliphatic carbocycles. The summed E-state index contributed by atoms with van der Waals surface area (Å²) < 4.78 is 5.50. The molecule has 98 valence electrons. The van der Waals surface area contributed by atoms with Gasteiger partial charge in [-0.1, -0.05) is 26.7 Å². The molecule has 17 heavy (non-hydrogen) atoms. The minimum absolute atomic E-state index is 0.835. The number of nitrogens with one attached hydrogen (secondary N) is 1. The van der Waals surface area contributed by atoms with Crippen LogP contribution < -0.4 is 5.32 Å². The lowest BCUT2D eigenvalue weighted by molar-refractivity contribution is 0.314. The van der Waals surface area contributed by atoms with E-state index in [1.807, 2.05) is 0 Å². The molecule has 0 saturated heterocycles. The van der Waals surface area contributed by atoms with E-state index in [1.165, 1.54) is 31.4 Å². The molecule has 0 unspecified atom stereocenters. The van der Waals surface area contributed by atoms with Crippen LogP contribution in [0.25, 0.3) is 0 Å². The zero-order valence-electron chi connectivity index (χ0n) is 11.5. The van der Waals surface area contributed by atoms with Crippen molar-refractivity contribution in [3.05, 3.63) is 23.7 Å². The molecule has 0 aliphatic heterocycles. The predicted octanol–water partition coefficient (Wildman–Crippen LogP) is 3.01. The van der Waals surface area contributed by atoms with Gasteiger partial charge in [0.25, 0.3) is 0 Å². The molecule has 3 heteroatoms. The monoisotopic (exact) mass is 238 g/mol. The highest BCUT2D eigenvalue weighted by Crippen LogP contribution is 2.13. The van der Waals surface area contributed by atoms with Gasteiger partial charge in [0, 0.05) is 12.1 Å². The lowest BCUT2D eigenvalue weighted by Gasteiger charge is -2.16. The van der Waals surface area contributed by atoms with Crippen LogP contribution in [0.3, 0.4) is 0 Å². The maximum absolute atomic E-state index is 5.50. The van der Waals surface area contributed by atoms with Gasteiger partial charge in [0.2, 0.25) is 0 Å². The zero-order chi connectivity index (χ0) is 12.5. The van der Waals surface area contributed by atoms with Gasteiger partial charge in [-0.2, -0.15) is 0 Å². The van der Waals surface area contributed by atoms with Crippen molar-refractivity contribution in [1.29, 1.82) is 0 Å². The molecule has 0 radical (unpaired) electrons. The lowest BCUT2D eigenvalue weighted by Crippen LogP contribution is -2.20. The fraction of sp³-hybridized carbons (Fsp3) is 0.714. The Hall–Kier alpha value is -0.800. The van der Waals surface area contributed by atoms with E-state index in [2.05, 4.69) is 37.2 Å². The maximum Gasteiger partial charge on any atom is 0.122 e. The summed E-state index contributed by atoms with van der Waals surface area (Å²) in [6.07, 6.45) is 5.68. The summed E-state index contributed by atoms with van der Waals surface area (Å²) in [5, 5.41) is 3.30. The van der Waals surface area contributed by atoms with Gasteiger partial charge in [-0.3, -0.25) is 0 Å². The van der Waals surface area contributed by atoms with E-state index in [-0.39, 0.29) is 0 Å². The number of hydrogen-bond acceptors (Lipinski definition) is 3. The first-order valence-electron chi connectivity index (χ1n) is 6.72. The molecule has 1 aromatic heterocycles. The van der Waals surface area contributed by atoms with Crippen molar-refractivity contribution in [3.8, 4) is 0 Å². The first kappa shape index (κ1) is 14.3. The number of unbranched alkanes of at least 4 members (excludes halogenated alkanes) is 2. The highest BCUT2D eigenvalue weighted by Gasteiger charge is 2.08. The van der Waals surface area contributed by atoms with E-state index < -0.39 is 0 Å². The Bertz CT molecular complexity index is 296. The summed E-state index contributed by atoms with van der Waals surface area (Å²) in [6, 6.07) is 2.09.